The fourth-order valence-corrected chi connectivity index (χ4v) is 3.11. The molecule has 0 saturated heterocycles. The number of nitrogens with one attached hydrogen (secondary N) is 2. The molecule has 29 heavy (non-hydrogen) atoms. The number of H-pyrrole nitrogens is 1. The van der Waals surface area contributed by atoms with Crippen molar-refractivity contribution in [3.05, 3.63) is 77.1 Å². The highest BCUT2D eigenvalue weighted by Crippen LogP contribution is 2.38. The number of nitrogens with zero attached hydrogens (tertiary/aromatic N) is 2. The van der Waals surface area contributed by atoms with Gasteiger partial charge in [0.05, 0.1) is 28.5 Å². The zero-order chi connectivity index (χ0) is 20.6. The molecule has 0 unspecified atom stereocenters. The first kappa shape index (κ1) is 18.9. The minimum absolute atomic E-state index is 0.00869. The average Bonchev–Trinajstić information content (AvgIpc) is 3.12. The third-order valence-corrected chi connectivity index (χ3v) is 4.45. The van der Waals surface area contributed by atoms with Crippen LogP contribution in [0.25, 0.3) is 22.4 Å². The molecule has 0 saturated carbocycles. The molecule has 146 valence electrons. The van der Waals surface area contributed by atoms with Crippen molar-refractivity contribution in [2.75, 3.05) is 5.32 Å². The smallest absolute Gasteiger partial charge is 0.338 e. The molecule has 0 atom stereocenters. The van der Waals surface area contributed by atoms with E-state index in [0.717, 1.165) is 6.07 Å². The van der Waals surface area contributed by atoms with Crippen molar-refractivity contribution in [2.24, 2.45) is 0 Å². The molecule has 0 radical (unpaired) electrons. The number of imidazole rings is 1. The van der Waals surface area contributed by atoms with Gasteiger partial charge in [-0.25, -0.2) is 4.98 Å². The molecule has 0 aliphatic rings. The topological polar surface area (TPSA) is 70.7 Å². The van der Waals surface area contributed by atoms with Gasteiger partial charge in [-0.3, -0.25) is 9.78 Å². The number of pyridine rings is 1. The van der Waals surface area contributed by atoms with Crippen LogP contribution in [0.5, 0.6) is 0 Å². The monoisotopic (exact) mass is 416 g/mol. The highest BCUT2D eigenvalue weighted by molar-refractivity contribution is 6.30. The zero-order valence-electron chi connectivity index (χ0n) is 14.6. The Morgan fingerprint density at radius 3 is 2.66 bits per heavy atom. The molecule has 2 aromatic heterocycles. The predicted molar refractivity (Wildman–Crippen MR) is 104 cm³/mol. The van der Waals surface area contributed by atoms with E-state index >= 15 is 0 Å². The van der Waals surface area contributed by atoms with Crippen LogP contribution in [0.15, 0.2) is 60.9 Å². The van der Waals surface area contributed by atoms with Gasteiger partial charge in [-0.1, -0.05) is 17.7 Å². The Labute approximate surface area is 167 Å². The number of carbonyl (C=O) groups is 1. The molecular formula is C20H12ClF3N4O. The molecule has 2 N–H and O–H groups in total. The number of alkyl halides is 3. The Bertz CT molecular complexity index is 1210. The molecule has 1 amide bonds. The first-order chi connectivity index (χ1) is 13.8. The number of aromatic amines is 1. The molecule has 0 aliphatic carbocycles. The summed E-state index contributed by atoms with van der Waals surface area (Å²) in [6.07, 6.45) is -1.56. The van der Waals surface area contributed by atoms with Gasteiger partial charge in [-0.15, -0.1) is 0 Å². The number of hydrogen-bond donors (Lipinski definition) is 2. The lowest BCUT2D eigenvalue weighted by Crippen LogP contribution is -2.12. The summed E-state index contributed by atoms with van der Waals surface area (Å²) in [5, 5.41) is 2.66. The standard InChI is InChI=1S/C20H12ClF3N4O/c21-11-6-7-13(15(9-11)20(22,23)24)18-27-16-5-1-4-14(17(16)28-18)19(29)26-12-3-2-8-25-10-12/h1-10H,(H,26,29)(H,27,28). The van der Waals surface area contributed by atoms with Crippen molar-refractivity contribution >= 4 is 34.2 Å². The third kappa shape index (κ3) is 3.79. The lowest BCUT2D eigenvalue weighted by atomic mass is 10.1. The van der Waals surface area contributed by atoms with Crippen LogP contribution in [0, 0.1) is 0 Å². The predicted octanol–water partition coefficient (Wildman–Crippen LogP) is 5.55. The molecule has 4 rings (SSSR count). The molecule has 0 bridgehead atoms. The van der Waals surface area contributed by atoms with Crippen molar-refractivity contribution in [1.82, 2.24) is 15.0 Å². The Morgan fingerprint density at radius 2 is 1.93 bits per heavy atom. The van der Waals surface area contributed by atoms with Crippen LogP contribution >= 0.6 is 11.6 Å². The van der Waals surface area contributed by atoms with E-state index in [1.54, 1.807) is 36.5 Å². The molecular weight excluding hydrogens is 405 g/mol. The maximum atomic E-state index is 13.4. The lowest BCUT2D eigenvalue weighted by molar-refractivity contribution is -0.137. The second-order valence-corrected chi connectivity index (χ2v) is 6.61. The highest BCUT2D eigenvalue weighted by Gasteiger charge is 2.34. The molecule has 5 nitrogen and oxygen atoms in total. The summed E-state index contributed by atoms with van der Waals surface area (Å²) in [4.78, 5) is 23.7. The number of rotatable bonds is 3. The maximum Gasteiger partial charge on any atom is 0.417 e. The van der Waals surface area contributed by atoms with E-state index < -0.39 is 17.6 Å². The number of fused-ring (bicyclic) bond motifs is 1. The van der Waals surface area contributed by atoms with Crippen LogP contribution in [-0.4, -0.2) is 20.9 Å². The van der Waals surface area contributed by atoms with Gasteiger partial charge in [0.25, 0.3) is 5.91 Å². The van der Waals surface area contributed by atoms with E-state index in [1.807, 2.05) is 0 Å². The summed E-state index contributed by atoms with van der Waals surface area (Å²) in [5.74, 6) is -0.459. The summed E-state index contributed by atoms with van der Waals surface area (Å²) in [7, 11) is 0. The Morgan fingerprint density at radius 1 is 1.10 bits per heavy atom. The third-order valence-electron chi connectivity index (χ3n) is 4.22. The molecule has 2 heterocycles. The van der Waals surface area contributed by atoms with Gasteiger partial charge in [-0.05, 0) is 42.5 Å². The zero-order valence-corrected chi connectivity index (χ0v) is 15.3. The number of aromatic nitrogens is 3. The van der Waals surface area contributed by atoms with Crippen LogP contribution in [-0.2, 0) is 6.18 Å². The average molecular weight is 417 g/mol. The van der Waals surface area contributed by atoms with Crippen molar-refractivity contribution in [1.29, 1.82) is 0 Å². The van der Waals surface area contributed by atoms with Crippen molar-refractivity contribution in [3.63, 3.8) is 0 Å². The van der Waals surface area contributed by atoms with Gasteiger partial charge in [0.2, 0.25) is 0 Å². The highest BCUT2D eigenvalue weighted by atomic mass is 35.5. The number of hydrogen-bond acceptors (Lipinski definition) is 3. The first-order valence-electron chi connectivity index (χ1n) is 8.40. The molecule has 0 aliphatic heterocycles. The number of para-hydroxylation sites is 1. The van der Waals surface area contributed by atoms with Gasteiger partial charge in [0.1, 0.15) is 11.3 Å². The number of halogens is 4. The van der Waals surface area contributed by atoms with Gasteiger partial charge >= 0.3 is 6.18 Å². The Kier molecular flexibility index (Phi) is 4.71. The SMILES string of the molecule is O=C(Nc1cccnc1)c1cccc2[nH]c(-c3ccc(Cl)cc3C(F)(F)F)nc12. The number of anilines is 1. The van der Waals surface area contributed by atoms with Gasteiger partial charge < -0.3 is 10.3 Å². The second-order valence-electron chi connectivity index (χ2n) is 6.17. The number of carbonyl (C=O) groups excluding carboxylic acids is 1. The molecule has 0 fully saturated rings. The van der Waals surface area contributed by atoms with Gasteiger partial charge in [-0.2, -0.15) is 13.2 Å². The summed E-state index contributed by atoms with van der Waals surface area (Å²) < 4.78 is 40.3. The van der Waals surface area contributed by atoms with Crippen LogP contribution in [0.2, 0.25) is 5.02 Å². The Hall–Kier alpha value is -3.39. The van der Waals surface area contributed by atoms with E-state index in [9.17, 15) is 18.0 Å². The minimum atomic E-state index is -4.61. The Balaban J connectivity index is 1.79. The normalized spacial score (nSPS) is 11.6. The summed E-state index contributed by atoms with van der Waals surface area (Å²) in [5.41, 5.74) is 0.328. The van der Waals surface area contributed by atoms with Crippen LogP contribution < -0.4 is 5.32 Å². The number of amides is 1. The van der Waals surface area contributed by atoms with E-state index in [0.29, 0.717) is 11.2 Å². The molecule has 0 spiro atoms. The lowest BCUT2D eigenvalue weighted by Gasteiger charge is -2.11. The molecule has 4 aromatic rings. The largest absolute Gasteiger partial charge is 0.417 e. The van der Waals surface area contributed by atoms with E-state index in [1.165, 1.54) is 18.3 Å². The number of benzene rings is 2. The van der Waals surface area contributed by atoms with Gasteiger partial charge in [0, 0.05) is 16.8 Å². The van der Waals surface area contributed by atoms with Gasteiger partial charge in [0.15, 0.2) is 0 Å². The first-order valence-corrected chi connectivity index (χ1v) is 8.78. The summed E-state index contributed by atoms with van der Waals surface area (Å²) in [6.45, 7) is 0. The summed E-state index contributed by atoms with van der Waals surface area (Å²) in [6, 6.07) is 11.6. The van der Waals surface area contributed by atoms with E-state index in [4.69, 9.17) is 11.6 Å². The second kappa shape index (κ2) is 7.21. The maximum absolute atomic E-state index is 13.4. The summed E-state index contributed by atoms with van der Waals surface area (Å²) >= 11 is 5.74. The fraction of sp³-hybridized carbons (Fsp3) is 0.0500. The molecule has 9 heteroatoms. The van der Waals surface area contributed by atoms with Crippen molar-refractivity contribution in [3.8, 4) is 11.4 Å². The van der Waals surface area contributed by atoms with Crippen molar-refractivity contribution < 1.29 is 18.0 Å². The minimum Gasteiger partial charge on any atom is -0.338 e. The van der Waals surface area contributed by atoms with Crippen LogP contribution in [0.4, 0.5) is 18.9 Å². The van der Waals surface area contributed by atoms with Crippen molar-refractivity contribution in [2.45, 2.75) is 6.18 Å². The fourth-order valence-electron chi connectivity index (χ4n) is 2.94. The molecule has 2 aromatic carbocycles. The van der Waals surface area contributed by atoms with E-state index in [2.05, 4.69) is 20.3 Å². The van der Waals surface area contributed by atoms with Crippen LogP contribution in [0.3, 0.4) is 0 Å². The quantitative estimate of drug-likeness (QED) is 0.460. The van der Waals surface area contributed by atoms with Crippen LogP contribution in [0.1, 0.15) is 15.9 Å². The van der Waals surface area contributed by atoms with E-state index in [-0.39, 0.29) is 27.5 Å².